The zero-order chi connectivity index (χ0) is 28.3. The summed E-state index contributed by atoms with van der Waals surface area (Å²) in [5.41, 5.74) is -6.32. The monoisotopic (exact) mass is 586 g/mol. The van der Waals surface area contributed by atoms with Crippen LogP contribution in [0.2, 0.25) is 0 Å². The maximum Gasteiger partial charge on any atom is 0.430 e. The number of nitrogens with zero attached hydrogens (tertiary/aromatic N) is 1. The highest BCUT2D eigenvalue weighted by atomic mass is 32.2. The maximum atomic E-state index is 13.7. The predicted molar refractivity (Wildman–Crippen MR) is 125 cm³/mol. The van der Waals surface area contributed by atoms with Gasteiger partial charge in [0.25, 0.3) is 15.6 Å². The van der Waals surface area contributed by atoms with Gasteiger partial charge in [-0.3, -0.25) is 4.31 Å². The molecule has 2 aromatic rings. The smallest absolute Gasteiger partial charge is 0.369 e. The van der Waals surface area contributed by atoms with Crippen molar-refractivity contribution in [1.82, 2.24) is 4.72 Å². The fourth-order valence-corrected chi connectivity index (χ4v) is 7.53. The largest absolute Gasteiger partial charge is 0.430 e. The molecule has 1 heterocycles. The minimum atomic E-state index is -6.11. The lowest BCUT2D eigenvalue weighted by atomic mass is 9.88. The molecular formula is C23H24F6N2O5S2. The van der Waals surface area contributed by atoms with Crippen molar-refractivity contribution < 1.29 is 48.3 Å². The molecule has 210 valence electrons. The SMILES string of the molecule is Cc1ccc(S(=O)(=O)N2c3ccc(C(O)(C(F)(F)F)C(F)(F)F)cc3CC[C@H]2CNS(=O)(=O)C2CC2)cc1. The second-order valence-corrected chi connectivity index (χ2v) is 13.3. The van der Waals surface area contributed by atoms with Crippen LogP contribution >= 0.6 is 0 Å². The van der Waals surface area contributed by atoms with Crippen molar-refractivity contribution in [2.24, 2.45) is 0 Å². The Morgan fingerprint density at radius 1 is 0.921 bits per heavy atom. The summed E-state index contributed by atoms with van der Waals surface area (Å²) in [4.78, 5) is -0.197. The van der Waals surface area contributed by atoms with Gasteiger partial charge in [0.1, 0.15) is 0 Å². The molecule has 0 spiro atoms. The number of anilines is 1. The van der Waals surface area contributed by atoms with Crippen LogP contribution in [0, 0.1) is 6.92 Å². The van der Waals surface area contributed by atoms with Gasteiger partial charge in [0.15, 0.2) is 0 Å². The molecule has 0 saturated heterocycles. The quantitative estimate of drug-likeness (QED) is 0.480. The van der Waals surface area contributed by atoms with Crippen molar-refractivity contribution >= 4 is 25.7 Å². The van der Waals surface area contributed by atoms with E-state index in [0.717, 1.165) is 15.9 Å². The topological polar surface area (TPSA) is 104 Å². The Balaban J connectivity index is 1.81. The first-order chi connectivity index (χ1) is 17.4. The summed E-state index contributed by atoms with van der Waals surface area (Å²) in [5.74, 6) is 0. The number of alkyl halides is 6. The lowest BCUT2D eigenvalue weighted by molar-refractivity contribution is -0.376. The number of nitrogens with one attached hydrogen (secondary N) is 1. The second-order valence-electron chi connectivity index (χ2n) is 9.45. The van der Waals surface area contributed by atoms with Crippen LogP contribution < -0.4 is 9.03 Å². The molecule has 1 aliphatic carbocycles. The number of aryl methyl sites for hydroxylation is 2. The molecule has 0 bridgehead atoms. The molecule has 1 fully saturated rings. The van der Waals surface area contributed by atoms with Gasteiger partial charge in [0.2, 0.25) is 10.0 Å². The van der Waals surface area contributed by atoms with E-state index in [2.05, 4.69) is 4.72 Å². The third kappa shape index (κ3) is 5.00. The normalized spacial score (nSPS) is 19.4. The van der Waals surface area contributed by atoms with Gasteiger partial charge in [-0.2, -0.15) is 26.3 Å². The Bertz CT molecular complexity index is 1410. The standard InChI is InChI=1S/C23H24F6N2O5S2/c1-14-2-7-19(8-3-14)38(35,36)31-17(13-30-37(33,34)18-9-10-18)6-4-15-12-16(5-11-20(15)31)21(32,22(24,25)26)23(27,28)29/h2-3,5,7-8,11-12,17-18,30,32H,4,6,9-10,13H2,1H3/t17-/m0/s1. The summed E-state index contributed by atoms with van der Waals surface area (Å²) >= 11 is 0. The Labute approximate surface area is 215 Å². The van der Waals surface area contributed by atoms with Crippen LogP contribution in [0.25, 0.3) is 0 Å². The minimum Gasteiger partial charge on any atom is -0.369 e. The van der Waals surface area contributed by atoms with Gasteiger partial charge in [-0.1, -0.05) is 29.8 Å². The molecule has 7 nitrogen and oxygen atoms in total. The molecule has 0 amide bonds. The van der Waals surface area contributed by atoms with Crippen molar-refractivity contribution in [3.05, 3.63) is 59.2 Å². The number of aliphatic hydroxyl groups is 1. The number of halogens is 6. The molecule has 1 saturated carbocycles. The molecule has 4 rings (SSSR count). The van der Waals surface area contributed by atoms with Gasteiger partial charge >= 0.3 is 12.4 Å². The molecule has 2 aromatic carbocycles. The number of fused-ring (bicyclic) bond motifs is 1. The first-order valence-electron chi connectivity index (χ1n) is 11.5. The third-order valence-electron chi connectivity index (χ3n) is 6.69. The fourth-order valence-electron chi connectivity index (χ4n) is 4.39. The summed E-state index contributed by atoms with van der Waals surface area (Å²) in [5, 5.41) is 9.22. The molecule has 0 radical (unpaired) electrons. The van der Waals surface area contributed by atoms with Crippen molar-refractivity contribution in [3.63, 3.8) is 0 Å². The number of benzene rings is 2. The number of sulfonamides is 2. The highest BCUT2D eigenvalue weighted by Crippen LogP contribution is 2.51. The Morgan fingerprint density at radius 3 is 2.03 bits per heavy atom. The molecule has 2 N–H and O–H groups in total. The van der Waals surface area contributed by atoms with E-state index in [1.165, 1.54) is 24.3 Å². The predicted octanol–water partition coefficient (Wildman–Crippen LogP) is 3.90. The summed E-state index contributed by atoms with van der Waals surface area (Å²) in [6, 6.07) is 6.26. The Morgan fingerprint density at radius 2 is 1.50 bits per heavy atom. The fraction of sp³-hybridized carbons (Fsp3) is 0.478. The lowest BCUT2D eigenvalue weighted by Crippen LogP contribution is -2.54. The van der Waals surface area contributed by atoms with Crippen molar-refractivity contribution in [2.75, 3.05) is 10.8 Å². The number of hydrogen-bond acceptors (Lipinski definition) is 5. The third-order valence-corrected chi connectivity index (χ3v) is 10.5. The zero-order valence-corrected chi connectivity index (χ0v) is 21.5. The van der Waals surface area contributed by atoms with Crippen molar-refractivity contribution in [3.8, 4) is 0 Å². The lowest BCUT2D eigenvalue weighted by Gasteiger charge is -2.39. The van der Waals surface area contributed by atoms with E-state index in [1.807, 2.05) is 0 Å². The average molecular weight is 587 g/mol. The molecular weight excluding hydrogens is 562 g/mol. The maximum absolute atomic E-state index is 13.7. The van der Waals surface area contributed by atoms with E-state index in [9.17, 15) is 48.3 Å². The summed E-state index contributed by atoms with van der Waals surface area (Å²) < 4.78 is 136. The molecule has 1 atom stereocenters. The van der Waals surface area contributed by atoms with Crippen molar-refractivity contribution in [2.45, 2.75) is 66.7 Å². The summed E-state index contributed by atoms with van der Waals surface area (Å²) in [6.07, 6.45) is -11.6. The van der Waals surface area contributed by atoms with Crippen LogP contribution in [0.15, 0.2) is 47.4 Å². The highest BCUT2D eigenvalue weighted by Gasteiger charge is 2.71. The molecule has 0 unspecified atom stereocenters. The van der Waals surface area contributed by atoms with E-state index >= 15 is 0 Å². The van der Waals surface area contributed by atoms with Gasteiger partial charge in [0.05, 0.1) is 21.9 Å². The van der Waals surface area contributed by atoms with Crippen LogP contribution in [0.1, 0.15) is 36.0 Å². The Kier molecular flexibility index (Phi) is 7.07. The molecule has 38 heavy (non-hydrogen) atoms. The number of rotatable bonds is 7. The van der Waals surface area contributed by atoms with Crippen LogP contribution in [-0.2, 0) is 32.1 Å². The van der Waals surface area contributed by atoms with E-state index in [4.69, 9.17) is 0 Å². The second kappa shape index (κ2) is 9.38. The van der Waals surface area contributed by atoms with E-state index in [1.54, 1.807) is 6.92 Å². The van der Waals surface area contributed by atoms with Crippen LogP contribution in [0.3, 0.4) is 0 Å². The molecule has 2 aliphatic rings. The van der Waals surface area contributed by atoms with Gasteiger partial charge < -0.3 is 5.11 Å². The molecule has 1 aliphatic heterocycles. The van der Waals surface area contributed by atoms with Crippen LogP contribution in [-0.4, -0.2) is 52.1 Å². The number of hydrogen-bond donors (Lipinski definition) is 2. The summed E-state index contributed by atoms with van der Waals surface area (Å²) in [6.45, 7) is 1.37. The van der Waals surface area contributed by atoms with Crippen LogP contribution in [0.5, 0.6) is 0 Å². The van der Waals surface area contributed by atoms with Gasteiger partial charge in [-0.05, 0) is 56.4 Å². The van der Waals surface area contributed by atoms with Crippen molar-refractivity contribution in [1.29, 1.82) is 0 Å². The van der Waals surface area contributed by atoms with Gasteiger partial charge in [0, 0.05) is 12.1 Å². The Hall–Kier alpha value is -2.36. The average Bonchev–Trinajstić information content (AvgIpc) is 3.66. The highest BCUT2D eigenvalue weighted by molar-refractivity contribution is 7.93. The van der Waals surface area contributed by atoms with Gasteiger partial charge in [-0.25, -0.2) is 21.6 Å². The van der Waals surface area contributed by atoms with Gasteiger partial charge in [-0.15, -0.1) is 0 Å². The van der Waals surface area contributed by atoms with E-state index in [0.29, 0.717) is 25.0 Å². The molecule has 0 aromatic heterocycles. The van der Waals surface area contributed by atoms with E-state index < -0.39 is 54.9 Å². The van der Waals surface area contributed by atoms with E-state index in [-0.39, 0.29) is 35.5 Å². The minimum absolute atomic E-state index is 0.106. The zero-order valence-electron chi connectivity index (χ0n) is 19.8. The first-order valence-corrected chi connectivity index (χ1v) is 14.5. The van der Waals surface area contributed by atoms with Crippen LogP contribution in [0.4, 0.5) is 32.0 Å². The summed E-state index contributed by atoms with van der Waals surface area (Å²) in [7, 11) is -8.14. The first kappa shape index (κ1) is 28.6. The molecule has 15 heteroatoms.